The number of halogens is 1. The van der Waals surface area contributed by atoms with Gasteiger partial charge in [0.15, 0.2) is 0 Å². The number of carbonyl (C=O) groups is 2. The molecule has 1 amide bonds. The summed E-state index contributed by atoms with van der Waals surface area (Å²) in [5, 5.41) is 0. The number of fused-ring (bicyclic) bond motifs is 1. The fourth-order valence-corrected chi connectivity index (χ4v) is 2.76. The van der Waals surface area contributed by atoms with Crippen LogP contribution in [0.3, 0.4) is 0 Å². The highest BCUT2D eigenvalue weighted by molar-refractivity contribution is 5.96. The molecular weight excluding hydrogens is 325 g/mol. The van der Waals surface area contributed by atoms with Crippen molar-refractivity contribution in [2.24, 2.45) is 0 Å². The molecule has 1 aliphatic heterocycles. The number of carbonyl (C=O) groups excluding carboxylic acids is 2. The first kappa shape index (κ1) is 17.0. The summed E-state index contributed by atoms with van der Waals surface area (Å²) in [5.74, 6) is -0.489. The van der Waals surface area contributed by atoms with Crippen molar-refractivity contribution >= 4 is 17.6 Å². The average Bonchev–Trinajstić information content (AvgIpc) is 2.65. The predicted molar refractivity (Wildman–Crippen MR) is 89.9 cm³/mol. The zero-order chi connectivity index (χ0) is 17.8. The van der Waals surface area contributed by atoms with E-state index in [1.165, 1.54) is 19.2 Å². The molecule has 0 aromatic heterocycles. The largest absolute Gasteiger partial charge is 0.475 e. The van der Waals surface area contributed by atoms with E-state index in [9.17, 15) is 14.0 Å². The van der Waals surface area contributed by atoms with Gasteiger partial charge in [0.25, 0.3) is 0 Å². The van der Waals surface area contributed by atoms with Gasteiger partial charge in [-0.1, -0.05) is 24.3 Å². The van der Waals surface area contributed by atoms with E-state index in [2.05, 4.69) is 0 Å². The molecule has 5 nitrogen and oxygen atoms in total. The number of amides is 1. The minimum atomic E-state index is -0.852. The van der Waals surface area contributed by atoms with Gasteiger partial charge in [-0.2, -0.15) is 0 Å². The van der Waals surface area contributed by atoms with Crippen molar-refractivity contribution in [3.8, 4) is 5.75 Å². The second kappa shape index (κ2) is 7.34. The van der Waals surface area contributed by atoms with Crippen LogP contribution in [-0.2, 0) is 20.7 Å². The second-order valence-electron chi connectivity index (χ2n) is 5.73. The Labute approximate surface area is 145 Å². The van der Waals surface area contributed by atoms with Crippen LogP contribution in [-0.4, -0.2) is 31.6 Å². The number of rotatable bonds is 4. The molecule has 0 saturated heterocycles. The van der Waals surface area contributed by atoms with Crippen molar-refractivity contribution in [2.75, 3.05) is 18.6 Å². The van der Waals surface area contributed by atoms with Gasteiger partial charge in [-0.3, -0.25) is 4.79 Å². The van der Waals surface area contributed by atoms with Crippen molar-refractivity contribution in [1.29, 1.82) is 0 Å². The van der Waals surface area contributed by atoms with Gasteiger partial charge in [0.2, 0.25) is 12.0 Å². The number of benzene rings is 2. The molecule has 0 saturated carbocycles. The molecule has 0 aliphatic carbocycles. The first-order valence-corrected chi connectivity index (χ1v) is 7.97. The lowest BCUT2D eigenvalue weighted by Gasteiger charge is -2.33. The van der Waals surface area contributed by atoms with Crippen LogP contribution in [0.25, 0.3) is 0 Å². The molecular formula is C19H18FNO4. The zero-order valence-electron chi connectivity index (χ0n) is 13.8. The summed E-state index contributed by atoms with van der Waals surface area (Å²) in [6, 6.07) is 13.1. The van der Waals surface area contributed by atoms with Crippen LogP contribution in [0.5, 0.6) is 5.75 Å². The van der Waals surface area contributed by atoms with Gasteiger partial charge in [-0.05, 0) is 36.2 Å². The van der Waals surface area contributed by atoms with E-state index in [-0.39, 0.29) is 24.7 Å². The lowest BCUT2D eigenvalue weighted by Crippen LogP contribution is -2.47. The molecule has 1 aliphatic rings. The van der Waals surface area contributed by atoms with E-state index < -0.39 is 12.1 Å². The number of ether oxygens (including phenoxy) is 2. The van der Waals surface area contributed by atoms with Gasteiger partial charge in [-0.25, -0.2) is 9.18 Å². The lowest BCUT2D eigenvalue weighted by atomic mass is 10.1. The Hall–Kier alpha value is -2.89. The van der Waals surface area contributed by atoms with Crippen molar-refractivity contribution < 1.29 is 23.5 Å². The minimum Gasteiger partial charge on any atom is -0.475 e. The molecule has 0 unspecified atom stereocenters. The van der Waals surface area contributed by atoms with Crippen LogP contribution in [0.4, 0.5) is 10.1 Å². The second-order valence-corrected chi connectivity index (χ2v) is 5.73. The average molecular weight is 343 g/mol. The lowest BCUT2D eigenvalue weighted by molar-refractivity contribution is -0.148. The van der Waals surface area contributed by atoms with Gasteiger partial charge >= 0.3 is 5.97 Å². The zero-order valence-corrected chi connectivity index (χ0v) is 13.8. The van der Waals surface area contributed by atoms with E-state index in [0.717, 1.165) is 5.56 Å². The number of esters is 1. The fraction of sp³-hybridized carbons (Fsp3) is 0.263. The third kappa shape index (κ3) is 3.79. The highest BCUT2D eigenvalue weighted by Crippen LogP contribution is 2.33. The molecule has 6 heteroatoms. The highest BCUT2D eigenvalue weighted by Gasteiger charge is 2.34. The van der Waals surface area contributed by atoms with Crippen LogP contribution in [0, 0.1) is 5.82 Å². The third-order valence-electron chi connectivity index (χ3n) is 4.08. The summed E-state index contributed by atoms with van der Waals surface area (Å²) in [5.41, 5.74) is 1.51. The maximum Gasteiger partial charge on any atom is 0.348 e. The van der Waals surface area contributed by atoms with E-state index in [0.29, 0.717) is 17.9 Å². The number of nitrogens with zero attached hydrogens (tertiary/aromatic N) is 1. The SMILES string of the molecule is COC(=O)[C@@H]1CN(C(=O)CCc2ccc(F)cc2)c2ccccc2O1. The molecule has 25 heavy (non-hydrogen) atoms. The Balaban J connectivity index is 1.75. The van der Waals surface area contributed by atoms with Crippen LogP contribution in [0.15, 0.2) is 48.5 Å². The Morgan fingerprint density at radius 3 is 2.64 bits per heavy atom. The number of anilines is 1. The van der Waals surface area contributed by atoms with Gasteiger partial charge in [0.1, 0.15) is 11.6 Å². The van der Waals surface area contributed by atoms with Crippen LogP contribution >= 0.6 is 0 Å². The molecule has 0 radical (unpaired) electrons. The molecule has 130 valence electrons. The number of methoxy groups -OCH3 is 1. The summed E-state index contributed by atoms with van der Waals surface area (Å²) in [4.78, 5) is 26.1. The quantitative estimate of drug-likeness (QED) is 0.801. The van der Waals surface area contributed by atoms with Crippen LogP contribution in [0.1, 0.15) is 12.0 Å². The van der Waals surface area contributed by atoms with E-state index in [4.69, 9.17) is 9.47 Å². The molecule has 2 aromatic rings. The maximum absolute atomic E-state index is 13.0. The molecule has 0 bridgehead atoms. The summed E-state index contributed by atoms with van der Waals surface area (Å²) in [6.07, 6.45) is -0.121. The molecule has 1 atom stereocenters. The predicted octanol–water partition coefficient (Wildman–Crippen LogP) is 2.73. The number of hydrogen-bond donors (Lipinski definition) is 0. The Morgan fingerprint density at radius 2 is 1.92 bits per heavy atom. The summed E-state index contributed by atoms with van der Waals surface area (Å²) in [7, 11) is 1.28. The number of aryl methyl sites for hydroxylation is 1. The molecule has 2 aromatic carbocycles. The molecule has 0 N–H and O–H groups in total. The summed E-state index contributed by atoms with van der Waals surface area (Å²) >= 11 is 0. The smallest absolute Gasteiger partial charge is 0.348 e. The molecule has 0 spiro atoms. The summed E-state index contributed by atoms with van der Waals surface area (Å²) in [6.45, 7) is 0.103. The Morgan fingerprint density at radius 1 is 1.20 bits per heavy atom. The van der Waals surface area contributed by atoms with Gasteiger partial charge in [0, 0.05) is 6.42 Å². The third-order valence-corrected chi connectivity index (χ3v) is 4.08. The van der Waals surface area contributed by atoms with E-state index in [1.807, 2.05) is 0 Å². The van der Waals surface area contributed by atoms with Crippen molar-refractivity contribution in [3.05, 3.63) is 59.9 Å². The number of para-hydroxylation sites is 2. The molecule has 1 heterocycles. The van der Waals surface area contributed by atoms with Crippen molar-refractivity contribution in [3.63, 3.8) is 0 Å². The minimum absolute atomic E-state index is 0.103. The molecule has 3 rings (SSSR count). The Bertz CT molecular complexity index is 775. The fourth-order valence-electron chi connectivity index (χ4n) is 2.76. The molecule has 0 fully saturated rings. The monoisotopic (exact) mass is 343 g/mol. The maximum atomic E-state index is 13.0. The van der Waals surface area contributed by atoms with Crippen LogP contribution in [0.2, 0.25) is 0 Å². The first-order chi connectivity index (χ1) is 12.1. The van der Waals surface area contributed by atoms with Crippen molar-refractivity contribution in [1.82, 2.24) is 0 Å². The van der Waals surface area contributed by atoms with E-state index >= 15 is 0 Å². The number of hydrogen-bond acceptors (Lipinski definition) is 4. The van der Waals surface area contributed by atoms with Gasteiger partial charge in [-0.15, -0.1) is 0 Å². The van der Waals surface area contributed by atoms with Gasteiger partial charge < -0.3 is 14.4 Å². The van der Waals surface area contributed by atoms with Gasteiger partial charge in [0.05, 0.1) is 19.3 Å². The topological polar surface area (TPSA) is 55.8 Å². The van der Waals surface area contributed by atoms with Crippen LogP contribution < -0.4 is 9.64 Å². The summed E-state index contributed by atoms with van der Waals surface area (Å²) < 4.78 is 23.3. The van der Waals surface area contributed by atoms with E-state index in [1.54, 1.807) is 41.3 Å². The Kier molecular flexibility index (Phi) is 4.97. The normalized spacial score (nSPS) is 15.9. The standard InChI is InChI=1S/C19H18FNO4/c1-24-19(23)17-12-21(15-4-2-3-5-16(15)25-17)18(22)11-8-13-6-9-14(20)10-7-13/h2-7,9-10,17H,8,11-12H2,1H3/t17-/m0/s1. The highest BCUT2D eigenvalue weighted by atomic mass is 19.1. The van der Waals surface area contributed by atoms with Crippen molar-refractivity contribution in [2.45, 2.75) is 18.9 Å². The first-order valence-electron chi connectivity index (χ1n) is 7.97.